The van der Waals surface area contributed by atoms with Crippen molar-refractivity contribution in [2.75, 3.05) is 0 Å². The third-order valence-corrected chi connectivity index (χ3v) is 6.73. The highest BCUT2D eigenvalue weighted by Gasteiger charge is 2.66. The van der Waals surface area contributed by atoms with Gasteiger partial charge in [0.1, 0.15) is 6.10 Å². The second-order valence-corrected chi connectivity index (χ2v) is 10.6. The summed E-state index contributed by atoms with van der Waals surface area (Å²) in [5, 5.41) is 0. The molecule has 7 heteroatoms. The molecule has 0 radical (unpaired) electrons. The summed E-state index contributed by atoms with van der Waals surface area (Å²) in [5.41, 5.74) is -0.658. The molecule has 3 saturated heterocycles. The molecule has 5 atom stereocenters. The molecule has 30 heavy (non-hydrogen) atoms. The first-order chi connectivity index (χ1) is 14.1. The minimum Gasteiger partial charge on any atom is -0.454 e. The second kappa shape index (κ2) is 8.06. The molecule has 1 spiro atoms. The van der Waals surface area contributed by atoms with Crippen LogP contribution in [-0.2, 0) is 33.3 Å². The van der Waals surface area contributed by atoms with Crippen LogP contribution in [0.3, 0.4) is 0 Å². The number of ether oxygens (including phenoxy) is 5. The van der Waals surface area contributed by atoms with Gasteiger partial charge in [-0.3, -0.25) is 4.79 Å². The molecule has 1 aliphatic carbocycles. The van der Waals surface area contributed by atoms with E-state index in [1.165, 1.54) is 6.42 Å². The average molecular weight is 425 g/mol. The predicted octanol–water partition coefficient (Wildman–Crippen LogP) is 3.72. The van der Waals surface area contributed by atoms with Gasteiger partial charge in [0.25, 0.3) is 0 Å². The Morgan fingerprint density at radius 1 is 1.03 bits per heavy atom. The molecule has 0 amide bonds. The summed E-state index contributed by atoms with van der Waals surface area (Å²) in [6.07, 6.45) is 2.95. The maximum Gasteiger partial charge on any atom is 0.350 e. The fourth-order valence-corrected chi connectivity index (χ4v) is 5.82. The molecular formula is C23H36O7. The van der Waals surface area contributed by atoms with Crippen LogP contribution in [0.1, 0.15) is 79.6 Å². The van der Waals surface area contributed by atoms with E-state index in [0.717, 1.165) is 25.7 Å². The van der Waals surface area contributed by atoms with Crippen molar-refractivity contribution in [3.63, 3.8) is 0 Å². The quantitative estimate of drug-likeness (QED) is 0.601. The summed E-state index contributed by atoms with van der Waals surface area (Å²) in [6.45, 7) is 10.3. The minimum atomic E-state index is -1.07. The zero-order valence-corrected chi connectivity index (χ0v) is 18.8. The van der Waals surface area contributed by atoms with E-state index in [-0.39, 0.29) is 5.97 Å². The van der Waals surface area contributed by atoms with Crippen LogP contribution in [0.15, 0.2) is 0 Å². The molecule has 170 valence electrons. The molecule has 0 aromatic rings. The number of carbonyl (C=O) groups is 2. The Labute approximate surface area is 179 Å². The van der Waals surface area contributed by atoms with Crippen LogP contribution in [0, 0.1) is 17.3 Å². The third kappa shape index (κ3) is 4.00. The van der Waals surface area contributed by atoms with Crippen LogP contribution in [0.5, 0.6) is 0 Å². The molecule has 4 aliphatic rings. The van der Waals surface area contributed by atoms with Crippen molar-refractivity contribution in [3.8, 4) is 0 Å². The number of hydrogen-bond donors (Lipinski definition) is 0. The summed E-state index contributed by atoms with van der Waals surface area (Å²) in [4.78, 5) is 25.7. The van der Waals surface area contributed by atoms with E-state index in [1.54, 1.807) is 0 Å². The maximum absolute atomic E-state index is 13.2. The van der Waals surface area contributed by atoms with Crippen molar-refractivity contribution < 1.29 is 33.3 Å². The standard InChI is InChI=1S/C23H36O7/c1-13(2)11-22(5,12-14(3)4)21(25)28-17-15-16(26-19(17)24)18-20(27-15)30-23(29-18)9-7-6-8-10-23/h13-18,20H,6-12H2,1-5H3. The lowest BCUT2D eigenvalue weighted by Gasteiger charge is -2.33. The smallest absolute Gasteiger partial charge is 0.350 e. The van der Waals surface area contributed by atoms with Gasteiger partial charge in [0.15, 0.2) is 24.3 Å². The fourth-order valence-electron chi connectivity index (χ4n) is 5.82. The van der Waals surface area contributed by atoms with Crippen LogP contribution in [-0.4, -0.2) is 48.4 Å². The van der Waals surface area contributed by atoms with Gasteiger partial charge < -0.3 is 23.7 Å². The number of carbonyl (C=O) groups excluding carboxylic acids is 2. The van der Waals surface area contributed by atoms with E-state index < -0.39 is 47.9 Å². The van der Waals surface area contributed by atoms with Gasteiger partial charge in [-0.15, -0.1) is 0 Å². The largest absolute Gasteiger partial charge is 0.454 e. The number of hydrogen-bond acceptors (Lipinski definition) is 7. The Morgan fingerprint density at radius 3 is 2.27 bits per heavy atom. The summed E-state index contributed by atoms with van der Waals surface area (Å²) >= 11 is 0. The molecule has 7 nitrogen and oxygen atoms in total. The SMILES string of the molecule is CC(C)CC(C)(CC(C)C)C(=O)OC1C(=O)OC2C3OC4(CCCCC4)OC3OC12. The van der Waals surface area contributed by atoms with Crippen molar-refractivity contribution in [3.05, 3.63) is 0 Å². The average Bonchev–Trinajstić information content (AvgIpc) is 3.23. The van der Waals surface area contributed by atoms with Crippen LogP contribution in [0.4, 0.5) is 0 Å². The Morgan fingerprint density at radius 2 is 1.67 bits per heavy atom. The molecule has 5 unspecified atom stereocenters. The maximum atomic E-state index is 13.2. The number of esters is 2. The first-order valence-corrected chi connectivity index (χ1v) is 11.6. The van der Waals surface area contributed by atoms with E-state index in [4.69, 9.17) is 23.7 Å². The molecule has 1 saturated carbocycles. The Bertz CT molecular complexity index is 656. The lowest BCUT2D eigenvalue weighted by atomic mass is 9.76. The summed E-state index contributed by atoms with van der Waals surface area (Å²) in [5.74, 6) is -0.868. The number of rotatable bonds is 6. The van der Waals surface area contributed by atoms with E-state index in [9.17, 15) is 9.59 Å². The Kier molecular flexibility index (Phi) is 5.92. The van der Waals surface area contributed by atoms with Crippen LogP contribution in [0.2, 0.25) is 0 Å². The van der Waals surface area contributed by atoms with Crippen molar-refractivity contribution in [1.82, 2.24) is 0 Å². The summed E-state index contributed by atoms with van der Waals surface area (Å²) in [7, 11) is 0. The molecule has 4 fully saturated rings. The van der Waals surface area contributed by atoms with E-state index in [2.05, 4.69) is 27.7 Å². The first kappa shape index (κ1) is 22.0. The van der Waals surface area contributed by atoms with Gasteiger partial charge in [0.05, 0.1) is 5.41 Å². The van der Waals surface area contributed by atoms with Gasteiger partial charge in [-0.05, 0) is 44.4 Å². The van der Waals surface area contributed by atoms with Gasteiger partial charge in [0, 0.05) is 12.8 Å². The van der Waals surface area contributed by atoms with Gasteiger partial charge in [0.2, 0.25) is 6.10 Å². The van der Waals surface area contributed by atoms with Crippen LogP contribution >= 0.6 is 0 Å². The topological polar surface area (TPSA) is 80.3 Å². The zero-order valence-electron chi connectivity index (χ0n) is 18.8. The van der Waals surface area contributed by atoms with Gasteiger partial charge >= 0.3 is 11.9 Å². The highest BCUT2D eigenvalue weighted by atomic mass is 16.9. The first-order valence-electron chi connectivity index (χ1n) is 11.6. The normalized spacial score (nSPS) is 35.0. The van der Waals surface area contributed by atoms with Crippen molar-refractivity contribution in [1.29, 1.82) is 0 Å². The van der Waals surface area contributed by atoms with E-state index in [0.29, 0.717) is 24.7 Å². The highest BCUT2D eigenvalue weighted by Crippen LogP contribution is 2.48. The molecule has 4 rings (SSSR count). The Hall–Kier alpha value is -1.18. The van der Waals surface area contributed by atoms with Gasteiger partial charge in [-0.2, -0.15) is 0 Å². The zero-order chi connectivity index (χ0) is 21.7. The van der Waals surface area contributed by atoms with Crippen molar-refractivity contribution in [2.45, 2.75) is 116 Å². The molecular weight excluding hydrogens is 388 g/mol. The van der Waals surface area contributed by atoms with Crippen molar-refractivity contribution in [2.24, 2.45) is 17.3 Å². The van der Waals surface area contributed by atoms with Crippen molar-refractivity contribution >= 4 is 11.9 Å². The lowest BCUT2D eigenvalue weighted by Crippen LogP contribution is -2.42. The predicted molar refractivity (Wildman–Crippen MR) is 107 cm³/mol. The highest BCUT2D eigenvalue weighted by molar-refractivity contribution is 5.84. The Balaban J connectivity index is 1.44. The fraction of sp³-hybridized carbons (Fsp3) is 0.913. The number of fused-ring (bicyclic) bond motifs is 3. The van der Waals surface area contributed by atoms with Gasteiger partial charge in [-0.1, -0.05) is 34.1 Å². The summed E-state index contributed by atoms with van der Waals surface area (Å²) in [6, 6.07) is 0. The third-order valence-electron chi connectivity index (χ3n) is 6.73. The minimum absolute atomic E-state index is 0.333. The molecule has 0 N–H and O–H groups in total. The molecule has 3 aliphatic heterocycles. The van der Waals surface area contributed by atoms with Crippen LogP contribution in [0.25, 0.3) is 0 Å². The summed E-state index contributed by atoms with van der Waals surface area (Å²) < 4.78 is 29.7. The lowest BCUT2D eigenvalue weighted by molar-refractivity contribution is -0.246. The van der Waals surface area contributed by atoms with Crippen LogP contribution < -0.4 is 0 Å². The van der Waals surface area contributed by atoms with E-state index in [1.807, 2.05) is 6.92 Å². The monoisotopic (exact) mass is 424 g/mol. The van der Waals surface area contributed by atoms with Gasteiger partial charge in [-0.25, -0.2) is 4.79 Å². The second-order valence-electron chi connectivity index (χ2n) is 10.6. The molecule has 0 bridgehead atoms. The molecule has 0 aromatic heterocycles. The molecule has 3 heterocycles. The van der Waals surface area contributed by atoms with E-state index >= 15 is 0 Å². The molecule has 0 aromatic carbocycles.